The van der Waals surface area contributed by atoms with Gasteiger partial charge in [0.1, 0.15) is 4.90 Å². The third kappa shape index (κ3) is 4.22. The van der Waals surface area contributed by atoms with Gasteiger partial charge in [-0.3, -0.25) is 14.9 Å². The maximum absolute atomic E-state index is 13.2. The van der Waals surface area contributed by atoms with E-state index in [9.17, 15) is 23.3 Å². The van der Waals surface area contributed by atoms with Gasteiger partial charge >= 0.3 is 0 Å². The highest BCUT2D eigenvalue weighted by molar-refractivity contribution is 7.91. The summed E-state index contributed by atoms with van der Waals surface area (Å²) < 4.78 is 31.7. The third-order valence-corrected chi connectivity index (χ3v) is 6.88. The van der Waals surface area contributed by atoms with Gasteiger partial charge in [0.25, 0.3) is 5.69 Å². The second kappa shape index (κ2) is 8.18. The van der Waals surface area contributed by atoms with Crippen LogP contribution in [0.1, 0.15) is 28.8 Å². The van der Waals surface area contributed by atoms with Gasteiger partial charge < -0.3 is 16.2 Å². The Bertz CT molecular complexity index is 1060. The van der Waals surface area contributed by atoms with E-state index in [0.29, 0.717) is 31.1 Å². The highest BCUT2D eigenvalue weighted by atomic mass is 32.2. The molecule has 1 fully saturated rings. The Morgan fingerprint density at radius 1 is 1.17 bits per heavy atom. The molecule has 1 aliphatic rings. The number of amides is 1. The molecular formula is C19H21N3O6S. The summed E-state index contributed by atoms with van der Waals surface area (Å²) in [4.78, 5) is 21.2. The summed E-state index contributed by atoms with van der Waals surface area (Å²) in [6, 6.07) is 7.67. The van der Waals surface area contributed by atoms with E-state index < -0.39 is 31.3 Å². The van der Waals surface area contributed by atoms with Gasteiger partial charge in [0, 0.05) is 24.8 Å². The highest BCUT2D eigenvalue weighted by Gasteiger charge is 2.31. The number of rotatable bonds is 6. The molecule has 1 heterocycles. The van der Waals surface area contributed by atoms with Crippen molar-refractivity contribution in [2.24, 2.45) is 11.7 Å². The zero-order valence-electron chi connectivity index (χ0n) is 15.5. The Labute approximate surface area is 167 Å². The van der Waals surface area contributed by atoms with E-state index in [1.807, 2.05) is 0 Å². The van der Waals surface area contributed by atoms with Crippen LogP contribution in [0, 0.1) is 16.0 Å². The Balaban J connectivity index is 2.05. The summed E-state index contributed by atoms with van der Waals surface area (Å²) in [5.41, 5.74) is 11.2. The van der Waals surface area contributed by atoms with Crippen molar-refractivity contribution >= 4 is 27.1 Å². The first-order chi connectivity index (χ1) is 13.7. The van der Waals surface area contributed by atoms with E-state index in [2.05, 4.69) is 0 Å². The van der Waals surface area contributed by atoms with Gasteiger partial charge in [-0.2, -0.15) is 0 Å². The minimum atomic E-state index is -4.29. The number of anilines is 1. The highest BCUT2D eigenvalue weighted by Crippen LogP contribution is 2.35. The van der Waals surface area contributed by atoms with Gasteiger partial charge in [-0.1, -0.05) is 12.1 Å². The van der Waals surface area contributed by atoms with Crippen LogP contribution >= 0.6 is 0 Å². The summed E-state index contributed by atoms with van der Waals surface area (Å²) >= 11 is 0. The van der Waals surface area contributed by atoms with Crippen LogP contribution in [0.4, 0.5) is 11.4 Å². The Morgan fingerprint density at radius 3 is 2.48 bits per heavy atom. The number of nitrogen functional groups attached to an aromatic ring is 1. The van der Waals surface area contributed by atoms with E-state index in [-0.39, 0.29) is 16.1 Å². The van der Waals surface area contributed by atoms with E-state index in [4.69, 9.17) is 16.2 Å². The van der Waals surface area contributed by atoms with E-state index in [0.717, 1.165) is 31.0 Å². The van der Waals surface area contributed by atoms with Gasteiger partial charge in [-0.25, -0.2) is 8.42 Å². The van der Waals surface area contributed by atoms with Crippen molar-refractivity contribution in [3.63, 3.8) is 0 Å². The van der Waals surface area contributed by atoms with Crippen LogP contribution in [-0.2, 0) is 21.0 Å². The van der Waals surface area contributed by atoms with Gasteiger partial charge in [0.15, 0.2) is 0 Å². The molecule has 1 aliphatic heterocycles. The topological polar surface area (TPSA) is 156 Å². The lowest BCUT2D eigenvalue weighted by Crippen LogP contribution is -2.18. The Hall–Kier alpha value is -2.98. The largest absolute Gasteiger partial charge is 0.397 e. The number of nitro groups is 1. The van der Waals surface area contributed by atoms with Crippen molar-refractivity contribution in [3.8, 4) is 0 Å². The monoisotopic (exact) mass is 419 g/mol. The van der Waals surface area contributed by atoms with Crippen LogP contribution in [0.2, 0.25) is 0 Å². The van der Waals surface area contributed by atoms with E-state index >= 15 is 0 Å². The summed E-state index contributed by atoms with van der Waals surface area (Å²) in [6.07, 6.45) is 2.31. The number of sulfone groups is 1. The molecule has 1 amide bonds. The van der Waals surface area contributed by atoms with Crippen LogP contribution in [0.5, 0.6) is 0 Å². The van der Waals surface area contributed by atoms with Crippen LogP contribution in [0.3, 0.4) is 0 Å². The number of hydrogen-bond acceptors (Lipinski definition) is 7. The maximum atomic E-state index is 13.2. The molecule has 0 saturated carbocycles. The fourth-order valence-electron chi connectivity index (χ4n) is 3.42. The number of nitrogens with two attached hydrogens (primary N) is 2. The first-order valence-corrected chi connectivity index (χ1v) is 10.5. The molecule has 154 valence electrons. The lowest BCUT2D eigenvalue weighted by atomic mass is 9.92. The summed E-state index contributed by atoms with van der Waals surface area (Å²) in [5, 5.41) is 11.4. The molecule has 9 nitrogen and oxygen atoms in total. The Morgan fingerprint density at radius 2 is 1.86 bits per heavy atom. The van der Waals surface area contributed by atoms with Crippen molar-refractivity contribution in [3.05, 3.63) is 57.6 Å². The molecule has 0 aliphatic carbocycles. The maximum Gasteiger partial charge on any atom is 0.289 e. The van der Waals surface area contributed by atoms with Gasteiger partial charge in [-0.05, 0) is 48.9 Å². The van der Waals surface area contributed by atoms with E-state index in [1.165, 1.54) is 6.07 Å². The quantitative estimate of drug-likeness (QED) is 0.412. The molecule has 0 aromatic heterocycles. The number of nitro benzene ring substituents is 1. The van der Waals surface area contributed by atoms with Crippen molar-refractivity contribution in [2.45, 2.75) is 29.1 Å². The zero-order chi connectivity index (χ0) is 21.2. The average molecular weight is 419 g/mol. The van der Waals surface area contributed by atoms with Crippen molar-refractivity contribution in [1.29, 1.82) is 0 Å². The molecule has 1 saturated heterocycles. The third-order valence-electron chi connectivity index (χ3n) is 5.03. The number of primary amides is 1. The molecular weight excluding hydrogens is 398 g/mol. The molecule has 4 N–H and O–H groups in total. The SMILES string of the molecule is NC(=O)c1ccc(S(=O)(=O)c2cccc(CC3CCOCC3)c2N)c([N+](=O)[O-])c1. The minimum absolute atomic E-state index is 0.0762. The van der Waals surface area contributed by atoms with Crippen LogP contribution in [0.25, 0.3) is 0 Å². The number of benzene rings is 2. The summed E-state index contributed by atoms with van der Waals surface area (Å²) in [6.45, 7) is 1.31. The number of carbonyl (C=O) groups excluding carboxylic acids is 1. The second-order valence-electron chi connectivity index (χ2n) is 6.90. The number of carbonyl (C=O) groups is 1. The summed E-state index contributed by atoms with van der Waals surface area (Å²) in [7, 11) is -4.29. The molecule has 0 unspecified atom stereocenters. The standard InChI is InChI=1S/C19H21N3O6S/c20-18-13(10-12-6-8-28-9-7-12)2-1-3-17(18)29(26,27)16-5-4-14(19(21)23)11-15(16)22(24)25/h1-5,11-12H,6-10,20H2,(H2,21,23). The Kier molecular flexibility index (Phi) is 5.85. The zero-order valence-corrected chi connectivity index (χ0v) is 16.4. The number of ether oxygens (including phenoxy) is 1. The fraction of sp³-hybridized carbons (Fsp3) is 0.316. The predicted molar refractivity (Wildman–Crippen MR) is 105 cm³/mol. The van der Waals surface area contributed by atoms with E-state index in [1.54, 1.807) is 12.1 Å². The second-order valence-corrected chi connectivity index (χ2v) is 8.78. The molecule has 0 bridgehead atoms. The fourth-order valence-corrected chi connectivity index (χ4v) is 4.99. The number of hydrogen-bond donors (Lipinski definition) is 2. The minimum Gasteiger partial charge on any atom is -0.397 e. The number of para-hydroxylation sites is 1. The van der Waals surface area contributed by atoms with Crippen LogP contribution < -0.4 is 11.5 Å². The van der Waals surface area contributed by atoms with Crippen molar-refractivity contribution in [1.82, 2.24) is 0 Å². The lowest BCUT2D eigenvalue weighted by molar-refractivity contribution is -0.387. The molecule has 0 spiro atoms. The first-order valence-electron chi connectivity index (χ1n) is 9.00. The molecule has 2 aromatic carbocycles. The van der Waals surface area contributed by atoms with Crippen LogP contribution in [0.15, 0.2) is 46.2 Å². The molecule has 29 heavy (non-hydrogen) atoms. The van der Waals surface area contributed by atoms with Crippen molar-refractivity contribution < 1.29 is 22.9 Å². The lowest BCUT2D eigenvalue weighted by Gasteiger charge is -2.23. The smallest absolute Gasteiger partial charge is 0.289 e. The summed E-state index contributed by atoms with van der Waals surface area (Å²) in [5.74, 6) is -0.566. The predicted octanol–water partition coefficient (Wildman–Crippen LogP) is 2.08. The van der Waals surface area contributed by atoms with Gasteiger partial charge in [0.2, 0.25) is 15.7 Å². The first kappa shape index (κ1) is 20.7. The molecule has 2 aromatic rings. The number of nitrogens with zero attached hydrogens (tertiary/aromatic N) is 1. The molecule has 3 rings (SSSR count). The van der Waals surface area contributed by atoms with Gasteiger partial charge in [0.05, 0.1) is 15.5 Å². The molecule has 10 heteroatoms. The van der Waals surface area contributed by atoms with Crippen LogP contribution in [-0.4, -0.2) is 32.5 Å². The normalized spacial score (nSPS) is 15.2. The average Bonchev–Trinajstić information content (AvgIpc) is 2.69. The molecule has 0 radical (unpaired) electrons. The molecule has 0 atom stereocenters. The van der Waals surface area contributed by atoms with Gasteiger partial charge in [-0.15, -0.1) is 0 Å². The van der Waals surface area contributed by atoms with Crippen molar-refractivity contribution in [2.75, 3.05) is 18.9 Å².